The fourth-order valence-electron chi connectivity index (χ4n) is 1.93. The molecule has 2 rings (SSSR count). The summed E-state index contributed by atoms with van der Waals surface area (Å²) in [7, 11) is 1.54. The fourth-order valence-corrected chi connectivity index (χ4v) is 2.29. The topological polar surface area (TPSA) is 111 Å². The van der Waals surface area contributed by atoms with Gasteiger partial charge in [0.1, 0.15) is 12.9 Å². The van der Waals surface area contributed by atoms with Gasteiger partial charge >= 0.3 is 5.69 Å². The summed E-state index contributed by atoms with van der Waals surface area (Å²) in [5, 5.41) is 5.69. The van der Waals surface area contributed by atoms with Crippen molar-refractivity contribution in [3.8, 4) is 0 Å². The van der Waals surface area contributed by atoms with Gasteiger partial charge in [-0.2, -0.15) is 5.10 Å². The molecule has 110 valence electrons. The molecule has 3 N–H and O–H groups in total. The second-order valence-corrected chi connectivity index (χ2v) is 5.16. The zero-order valence-electron chi connectivity index (χ0n) is 11.0. The van der Waals surface area contributed by atoms with E-state index in [1.165, 1.54) is 11.6 Å². The van der Waals surface area contributed by atoms with Gasteiger partial charge in [0.15, 0.2) is 0 Å². The van der Waals surface area contributed by atoms with Crippen LogP contribution in [0, 0.1) is 0 Å². The Kier molecular flexibility index (Phi) is 4.22. The van der Waals surface area contributed by atoms with Crippen molar-refractivity contribution in [3.05, 3.63) is 43.5 Å². The first kappa shape index (κ1) is 15.0. The number of rotatable bonds is 3. The van der Waals surface area contributed by atoms with Crippen LogP contribution in [0.3, 0.4) is 0 Å². The van der Waals surface area contributed by atoms with Crippen LogP contribution in [-0.2, 0) is 18.4 Å². The number of nitrogens with zero attached hydrogens (tertiary/aromatic N) is 3. The highest BCUT2D eigenvalue weighted by Crippen LogP contribution is 2.15. The molecule has 1 heterocycles. The number of carbonyl (C=O) groups is 1. The quantitative estimate of drug-likeness (QED) is 0.334. The number of carbonyl (C=O) groups excluding carboxylic acids is 1. The van der Waals surface area contributed by atoms with E-state index < -0.39 is 23.7 Å². The van der Waals surface area contributed by atoms with E-state index in [1.54, 1.807) is 18.2 Å². The van der Waals surface area contributed by atoms with Crippen molar-refractivity contribution >= 4 is 39.1 Å². The summed E-state index contributed by atoms with van der Waals surface area (Å²) >= 11 is 3.27. The Morgan fingerprint density at radius 2 is 2.19 bits per heavy atom. The molecule has 0 saturated heterocycles. The molecule has 0 unspecified atom stereocenters. The number of benzene rings is 1. The standard InChI is InChI=1S/C12H12BrN5O3/c1-17-9-3-2-7(13)4-8(9)11(20)18(12(17)21)5-10(19)15-6-16-14/h2-4,6H,5,14H2,1H3,(H,15,16,19). The number of hydrogen-bond acceptors (Lipinski definition) is 5. The van der Waals surface area contributed by atoms with Crippen LogP contribution in [0.25, 0.3) is 10.9 Å². The summed E-state index contributed by atoms with van der Waals surface area (Å²) in [4.78, 5) is 36.1. The number of aryl methyl sites for hydroxylation is 1. The van der Waals surface area contributed by atoms with Crippen molar-refractivity contribution < 1.29 is 4.79 Å². The third-order valence-electron chi connectivity index (χ3n) is 2.92. The zero-order valence-corrected chi connectivity index (χ0v) is 12.6. The summed E-state index contributed by atoms with van der Waals surface area (Å²) in [6.07, 6.45) is 0.982. The molecule has 0 spiro atoms. The Morgan fingerprint density at radius 3 is 2.86 bits per heavy atom. The Labute approximate surface area is 127 Å². The second-order valence-electron chi connectivity index (χ2n) is 4.24. The molecule has 1 amide bonds. The van der Waals surface area contributed by atoms with Crippen molar-refractivity contribution in [1.82, 2.24) is 14.5 Å². The lowest BCUT2D eigenvalue weighted by molar-refractivity contribution is -0.120. The number of hydrogen-bond donors (Lipinski definition) is 2. The summed E-state index contributed by atoms with van der Waals surface area (Å²) in [6, 6.07) is 5.00. The number of fused-ring (bicyclic) bond motifs is 1. The van der Waals surface area contributed by atoms with Crippen LogP contribution >= 0.6 is 15.9 Å². The summed E-state index contributed by atoms with van der Waals surface area (Å²) in [6.45, 7) is -0.417. The maximum absolute atomic E-state index is 12.4. The minimum Gasteiger partial charge on any atom is -0.322 e. The molecule has 0 atom stereocenters. The van der Waals surface area contributed by atoms with Gasteiger partial charge in [0.2, 0.25) is 5.91 Å². The largest absolute Gasteiger partial charge is 0.331 e. The first-order valence-electron chi connectivity index (χ1n) is 5.86. The Morgan fingerprint density at radius 1 is 1.48 bits per heavy atom. The molecule has 1 aromatic carbocycles. The highest BCUT2D eigenvalue weighted by atomic mass is 79.9. The molecule has 0 saturated carbocycles. The maximum atomic E-state index is 12.4. The molecule has 2 aromatic rings. The SMILES string of the molecule is Cn1c(=O)n(CC(=O)NC=NN)c(=O)c2cc(Br)ccc21. The molecule has 0 aliphatic carbocycles. The number of hydrazone groups is 1. The molecular formula is C12H12BrN5O3. The minimum atomic E-state index is -0.574. The van der Waals surface area contributed by atoms with Crippen LogP contribution in [0.1, 0.15) is 0 Å². The molecule has 0 aliphatic rings. The van der Waals surface area contributed by atoms with Crippen molar-refractivity contribution in [2.75, 3.05) is 0 Å². The molecule has 0 aliphatic heterocycles. The van der Waals surface area contributed by atoms with Crippen LogP contribution in [0.15, 0.2) is 37.4 Å². The lowest BCUT2D eigenvalue weighted by Gasteiger charge is -2.10. The van der Waals surface area contributed by atoms with Gasteiger partial charge in [0.05, 0.1) is 10.9 Å². The van der Waals surface area contributed by atoms with Crippen molar-refractivity contribution in [2.24, 2.45) is 18.0 Å². The van der Waals surface area contributed by atoms with E-state index in [-0.39, 0.29) is 0 Å². The average Bonchev–Trinajstić information content (AvgIpc) is 2.47. The lowest BCUT2D eigenvalue weighted by Crippen LogP contribution is -2.43. The van der Waals surface area contributed by atoms with Crippen molar-refractivity contribution in [2.45, 2.75) is 6.54 Å². The molecule has 9 heteroatoms. The van der Waals surface area contributed by atoms with Gasteiger partial charge in [0, 0.05) is 11.5 Å². The molecule has 0 radical (unpaired) electrons. The molecular weight excluding hydrogens is 342 g/mol. The van der Waals surface area contributed by atoms with E-state index in [0.717, 1.165) is 10.9 Å². The van der Waals surface area contributed by atoms with E-state index in [0.29, 0.717) is 15.4 Å². The number of amides is 1. The van der Waals surface area contributed by atoms with Crippen molar-refractivity contribution in [1.29, 1.82) is 0 Å². The van der Waals surface area contributed by atoms with Crippen LogP contribution in [0.4, 0.5) is 0 Å². The van der Waals surface area contributed by atoms with Gasteiger partial charge in [0.25, 0.3) is 5.56 Å². The molecule has 1 aromatic heterocycles. The summed E-state index contributed by atoms with van der Waals surface area (Å²) < 4.78 is 2.87. The summed E-state index contributed by atoms with van der Waals surface area (Å²) in [5.41, 5.74) is -0.614. The van der Waals surface area contributed by atoms with Gasteiger partial charge in [-0.25, -0.2) is 4.79 Å². The van der Waals surface area contributed by atoms with Crippen LogP contribution in [0.2, 0.25) is 0 Å². The Balaban J connectivity index is 2.62. The molecule has 0 fully saturated rings. The number of nitrogens with two attached hydrogens (primary N) is 1. The van der Waals surface area contributed by atoms with Gasteiger partial charge in [-0.1, -0.05) is 15.9 Å². The van der Waals surface area contributed by atoms with Gasteiger partial charge in [-0.3, -0.25) is 18.7 Å². The maximum Gasteiger partial charge on any atom is 0.331 e. The monoisotopic (exact) mass is 353 g/mol. The van der Waals surface area contributed by atoms with Crippen LogP contribution in [-0.4, -0.2) is 21.4 Å². The third-order valence-corrected chi connectivity index (χ3v) is 3.41. The van der Waals surface area contributed by atoms with Gasteiger partial charge < -0.3 is 11.2 Å². The molecule has 21 heavy (non-hydrogen) atoms. The number of halogens is 1. The average molecular weight is 354 g/mol. The van der Waals surface area contributed by atoms with E-state index in [4.69, 9.17) is 5.84 Å². The van der Waals surface area contributed by atoms with Crippen molar-refractivity contribution in [3.63, 3.8) is 0 Å². The lowest BCUT2D eigenvalue weighted by atomic mass is 10.2. The van der Waals surface area contributed by atoms with Crippen LogP contribution < -0.4 is 22.4 Å². The smallest absolute Gasteiger partial charge is 0.322 e. The second kappa shape index (κ2) is 5.92. The van der Waals surface area contributed by atoms with Gasteiger partial charge in [-0.05, 0) is 18.2 Å². The van der Waals surface area contributed by atoms with E-state index in [9.17, 15) is 14.4 Å². The Bertz CT molecular complexity index is 852. The predicted octanol–water partition coefficient (Wildman–Crippen LogP) is -0.519. The Hall–Kier alpha value is -2.42. The zero-order chi connectivity index (χ0) is 15.6. The summed E-state index contributed by atoms with van der Waals surface area (Å²) in [5.74, 6) is 4.29. The van der Waals surface area contributed by atoms with E-state index in [2.05, 4.69) is 26.3 Å². The third kappa shape index (κ3) is 2.87. The first-order valence-corrected chi connectivity index (χ1v) is 6.65. The van der Waals surface area contributed by atoms with Gasteiger partial charge in [-0.15, -0.1) is 0 Å². The van der Waals surface area contributed by atoms with E-state index >= 15 is 0 Å². The minimum absolute atomic E-state index is 0.340. The molecule has 8 nitrogen and oxygen atoms in total. The number of aromatic nitrogens is 2. The highest BCUT2D eigenvalue weighted by molar-refractivity contribution is 9.10. The van der Waals surface area contributed by atoms with E-state index in [1.807, 2.05) is 0 Å². The fraction of sp³-hybridized carbons (Fsp3) is 0.167. The highest BCUT2D eigenvalue weighted by Gasteiger charge is 2.13. The predicted molar refractivity (Wildman–Crippen MR) is 82.0 cm³/mol. The normalized spacial score (nSPS) is 11.1. The van der Waals surface area contributed by atoms with Crippen LogP contribution in [0.5, 0.6) is 0 Å². The number of nitrogens with one attached hydrogen (secondary N) is 1. The molecule has 0 bridgehead atoms. The first-order chi connectivity index (χ1) is 9.95.